The molecular formula is C14H14BrNO3. The topological polar surface area (TPSA) is 66.4 Å². The predicted octanol–water partition coefficient (Wildman–Crippen LogP) is 2.44. The zero-order chi connectivity index (χ0) is 13.8. The molecule has 1 unspecified atom stereocenters. The number of hydrogen-bond acceptors (Lipinski definition) is 2. The van der Waals surface area contributed by atoms with E-state index in [1.807, 2.05) is 24.3 Å². The maximum atomic E-state index is 11.7. The standard InChI is InChI=1S/C14H14BrNO3/c15-11-3-1-2-9(8-11)4-7-12(17)16-13(14(18)19)10-5-6-10/h1-4,7-8,10,13H,5-6H2,(H,16,17)(H,18,19). The summed E-state index contributed by atoms with van der Waals surface area (Å²) in [5.41, 5.74) is 0.878. The van der Waals surface area contributed by atoms with Crippen LogP contribution in [-0.2, 0) is 9.59 Å². The Morgan fingerprint density at radius 3 is 2.74 bits per heavy atom. The van der Waals surface area contributed by atoms with Crippen molar-refractivity contribution in [3.63, 3.8) is 0 Å². The average molecular weight is 324 g/mol. The number of amides is 1. The summed E-state index contributed by atoms with van der Waals surface area (Å²) in [7, 11) is 0. The molecule has 100 valence electrons. The van der Waals surface area contributed by atoms with Crippen LogP contribution in [0.3, 0.4) is 0 Å². The lowest BCUT2D eigenvalue weighted by molar-refractivity contribution is -0.141. The molecule has 0 aliphatic heterocycles. The Labute approximate surface area is 119 Å². The summed E-state index contributed by atoms with van der Waals surface area (Å²) in [6.07, 6.45) is 4.76. The number of carbonyl (C=O) groups is 2. The summed E-state index contributed by atoms with van der Waals surface area (Å²) in [5.74, 6) is -1.26. The molecule has 0 bridgehead atoms. The highest BCUT2D eigenvalue weighted by Crippen LogP contribution is 2.32. The van der Waals surface area contributed by atoms with Crippen molar-refractivity contribution in [2.75, 3.05) is 0 Å². The molecule has 0 aromatic heterocycles. The summed E-state index contributed by atoms with van der Waals surface area (Å²) >= 11 is 3.34. The maximum Gasteiger partial charge on any atom is 0.326 e. The SMILES string of the molecule is O=C(C=Cc1cccc(Br)c1)NC(C(=O)O)C1CC1. The first-order valence-electron chi connectivity index (χ1n) is 6.03. The Kier molecular flexibility index (Phi) is 4.37. The normalized spacial score (nSPS) is 16.3. The van der Waals surface area contributed by atoms with Gasteiger partial charge in [-0.2, -0.15) is 0 Å². The molecule has 2 N–H and O–H groups in total. The van der Waals surface area contributed by atoms with E-state index in [1.165, 1.54) is 6.08 Å². The molecule has 1 aliphatic rings. The van der Waals surface area contributed by atoms with Crippen LogP contribution >= 0.6 is 15.9 Å². The van der Waals surface area contributed by atoms with Crippen molar-refractivity contribution in [2.45, 2.75) is 18.9 Å². The fourth-order valence-electron chi connectivity index (χ4n) is 1.79. The molecule has 0 saturated heterocycles. The molecule has 1 aromatic rings. The Hall–Kier alpha value is -1.62. The third-order valence-corrected chi connectivity index (χ3v) is 3.43. The maximum absolute atomic E-state index is 11.7. The van der Waals surface area contributed by atoms with E-state index in [0.717, 1.165) is 22.9 Å². The Morgan fingerprint density at radius 2 is 2.16 bits per heavy atom. The number of benzene rings is 1. The van der Waals surface area contributed by atoms with Gasteiger partial charge >= 0.3 is 5.97 Å². The molecule has 1 amide bonds. The van der Waals surface area contributed by atoms with Gasteiger partial charge in [0.15, 0.2) is 0 Å². The fraction of sp³-hybridized carbons (Fsp3) is 0.286. The van der Waals surface area contributed by atoms with Gasteiger partial charge in [0, 0.05) is 10.5 Å². The van der Waals surface area contributed by atoms with Gasteiger partial charge in [0.1, 0.15) is 6.04 Å². The van der Waals surface area contributed by atoms with Crippen LogP contribution in [0, 0.1) is 5.92 Å². The van der Waals surface area contributed by atoms with E-state index in [9.17, 15) is 9.59 Å². The number of carboxylic acids is 1. The lowest BCUT2D eigenvalue weighted by atomic mass is 10.2. The summed E-state index contributed by atoms with van der Waals surface area (Å²) in [6.45, 7) is 0. The summed E-state index contributed by atoms with van der Waals surface area (Å²) < 4.78 is 0.927. The number of halogens is 1. The largest absolute Gasteiger partial charge is 0.480 e. The van der Waals surface area contributed by atoms with Crippen LogP contribution in [0.4, 0.5) is 0 Å². The molecule has 19 heavy (non-hydrogen) atoms. The first kappa shape index (κ1) is 13.8. The lowest BCUT2D eigenvalue weighted by Gasteiger charge is -2.11. The van der Waals surface area contributed by atoms with Crippen LogP contribution in [0.5, 0.6) is 0 Å². The van der Waals surface area contributed by atoms with Crippen molar-refractivity contribution in [2.24, 2.45) is 5.92 Å². The van der Waals surface area contributed by atoms with Crippen molar-refractivity contribution in [3.8, 4) is 0 Å². The van der Waals surface area contributed by atoms with Crippen molar-refractivity contribution in [3.05, 3.63) is 40.4 Å². The third kappa shape index (κ3) is 4.21. The molecule has 2 rings (SSSR count). The summed E-state index contributed by atoms with van der Waals surface area (Å²) in [4.78, 5) is 22.7. The zero-order valence-corrected chi connectivity index (χ0v) is 11.8. The van der Waals surface area contributed by atoms with E-state index in [1.54, 1.807) is 6.08 Å². The molecule has 1 fully saturated rings. The van der Waals surface area contributed by atoms with Gasteiger partial charge in [-0.05, 0) is 42.5 Å². The van der Waals surface area contributed by atoms with Crippen LogP contribution < -0.4 is 5.32 Å². The predicted molar refractivity (Wildman–Crippen MR) is 75.5 cm³/mol. The van der Waals surface area contributed by atoms with Crippen LogP contribution in [0.2, 0.25) is 0 Å². The quantitative estimate of drug-likeness (QED) is 0.818. The van der Waals surface area contributed by atoms with E-state index in [-0.39, 0.29) is 11.8 Å². The number of carbonyl (C=O) groups excluding carboxylic acids is 1. The molecule has 1 aromatic carbocycles. The van der Waals surface area contributed by atoms with Crippen molar-refractivity contribution in [1.29, 1.82) is 0 Å². The van der Waals surface area contributed by atoms with Gasteiger partial charge in [0.2, 0.25) is 5.91 Å². The number of rotatable bonds is 5. The van der Waals surface area contributed by atoms with Gasteiger partial charge < -0.3 is 10.4 Å². The molecule has 1 aliphatic carbocycles. The molecule has 0 spiro atoms. The fourth-order valence-corrected chi connectivity index (χ4v) is 2.21. The van der Waals surface area contributed by atoms with Gasteiger partial charge in [-0.15, -0.1) is 0 Å². The molecular weight excluding hydrogens is 310 g/mol. The third-order valence-electron chi connectivity index (χ3n) is 2.93. The second-order valence-corrected chi connectivity index (χ2v) is 5.47. The number of carboxylic acid groups (broad SMARTS) is 1. The van der Waals surface area contributed by atoms with Gasteiger partial charge in [0.25, 0.3) is 0 Å². The molecule has 1 atom stereocenters. The lowest BCUT2D eigenvalue weighted by Crippen LogP contribution is -2.41. The average Bonchev–Trinajstić information content (AvgIpc) is 3.17. The minimum atomic E-state index is -0.966. The Bertz CT molecular complexity index is 523. The highest BCUT2D eigenvalue weighted by molar-refractivity contribution is 9.10. The summed E-state index contributed by atoms with van der Waals surface area (Å²) in [5, 5.41) is 11.5. The first-order chi connectivity index (χ1) is 9.06. The molecule has 0 radical (unpaired) electrons. The smallest absolute Gasteiger partial charge is 0.326 e. The van der Waals surface area contributed by atoms with Crippen LogP contribution in [0.25, 0.3) is 6.08 Å². The van der Waals surface area contributed by atoms with Crippen LogP contribution in [-0.4, -0.2) is 23.0 Å². The van der Waals surface area contributed by atoms with Gasteiger partial charge in [-0.25, -0.2) is 4.79 Å². The van der Waals surface area contributed by atoms with E-state index in [0.29, 0.717) is 0 Å². The second kappa shape index (κ2) is 6.02. The minimum absolute atomic E-state index is 0.0840. The molecule has 0 heterocycles. The van der Waals surface area contributed by atoms with Crippen molar-refractivity contribution < 1.29 is 14.7 Å². The van der Waals surface area contributed by atoms with E-state index >= 15 is 0 Å². The van der Waals surface area contributed by atoms with E-state index in [2.05, 4.69) is 21.2 Å². The highest BCUT2D eigenvalue weighted by atomic mass is 79.9. The monoisotopic (exact) mass is 323 g/mol. The Balaban J connectivity index is 1.95. The molecule has 1 saturated carbocycles. The van der Waals surface area contributed by atoms with E-state index < -0.39 is 12.0 Å². The molecule has 5 heteroatoms. The number of nitrogens with one attached hydrogen (secondary N) is 1. The highest BCUT2D eigenvalue weighted by Gasteiger charge is 2.36. The summed E-state index contributed by atoms with van der Waals surface area (Å²) in [6, 6.07) is 6.74. The number of aliphatic carboxylic acids is 1. The van der Waals surface area contributed by atoms with Crippen LogP contribution in [0.1, 0.15) is 18.4 Å². The first-order valence-corrected chi connectivity index (χ1v) is 6.82. The second-order valence-electron chi connectivity index (χ2n) is 4.55. The van der Waals surface area contributed by atoms with Gasteiger partial charge in [0.05, 0.1) is 0 Å². The van der Waals surface area contributed by atoms with Gasteiger partial charge in [-0.1, -0.05) is 28.1 Å². The van der Waals surface area contributed by atoms with E-state index in [4.69, 9.17) is 5.11 Å². The Morgan fingerprint density at radius 1 is 1.42 bits per heavy atom. The zero-order valence-electron chi connectivity index (χ0n) is 10.2. The molecule has 4 nitrogen and oxygen atoms in total. The van der Waals surface area contributed by atoms with Crippen molar-refractivity contribution >= 4 is 33.9 Å². The van der Waals surface area contributed by atoms with Gasteiger partial charge in [-0.3, -0.25) is 4.79 Å². The van der Waals surface area contributed by atoms with Crippen molar-refractivity contribution in [1.82, 2.24) is 5.32 Å². The number of hydrogen-bond donors (Lipinski definition) is 2. The van der Waals surface area contributed by atoms with Crippen LogP contribution in [0.15, 0.2) is 34.8 Å². The minimum Gasteiger partial charge on any atom is -0.480 e.